The third-order valence-corrected chi connectivity index (χ3v) is 4.18. The number of nitrogens with one attached hydrogen (secondary N) is 1. The molecule has 0 aromatic heterocycles. The highest BCUT2D eigenvalue weighted by Crippen LogP contribution is 2.22. The maximum absolute atomic E-state index is 12.4. The quantitative estimate of drug-likeness (QED) is 0.760. The predicted octanol–water partition coefficient (Wildman–Crippen LogP) is 2.55. The van der Waals surface area contributed by atoms with Crippen molar-refractivity contribution in [3.05, 3.63) is 59.7 Å². The second kappa shape index (κ2) is 8.44. The Kier molecular flexibility index (Phi) is 6.31. The summed E-state index contributed by atoms with van der Waals surface area (Å²) < 4.78 is 5.39. The Morgan fingerprint density at radius 2 is 1.68 bits per heavy atom. The van der Waals surface area contributed by atoms with Gasteiger partial charge >= 0.3 is 0 Å². The van der Waals surface area contributed by atoms with Crippen molar-refractivity contribution >= 4 is 17.4 Å². The van der Waals surface area contributed by atoms with E-state index in [4.69, 9.17) is 4.74 Å². The van der Waals surface area contributed by atoms with Gasteiger partial charge < -0.3 is 15.4 Å². The molecule has 25 heavy (non-hydrogen) atoms. The highest BCUT2D eigenvalue weighted by molar-refractivity contribution is 5.96. The summed E-state index contributed by atoms with van der Waals surface area (Å²) in [5, 5.41) is 4.88. The smallest absolute Gasteiger partial charge is 0.282 e. The van der Waals surface area contributed by atoms with Gasteiger partial charge in [0.05, 0.1) is 12.7 Å². The predicted molar refractivity (Wildman–Crippen MR) is 97.9 cm³/mol. The number of nitrogens with two attached hydrogens (primary N) is 1. The molecule has 2 atom stereocenters. The van der Waals surface area contributed by atoms with Gasteiger partial charge in [-0.15, -0.1) is 0 Å². The van der Waals surface area contributed by atoms with Crippen molar-refractivity contribution in [3.63, 3.8) is 0 Å². The molecule has 5 heteroatoms. The Hall–Kier alpha value is -2.66. The van der Waals surface area contributed by atoms with Crippen LogP contribution in [0.15, 0.2) is 48.5 Å². The average Bonchev–Trinajstić information content (AvgIpc) is 2.61. The van der Waals surface area contributed by atoms with E-state index in [9.17, 15) is 9.59 Å². The molecule has 5 nitrogen and oxygen atoms in total. The van der Waals surface area contributed by atoms with Crippen molar-refractivity contribution in [3.8, 4) is 5.75 Å². The van der Waals surface area contributed by atoms with Gasteiger partial charge in [-0.2, -0.15) is 0 Å². The molecular formula is C20H25N2O3+. The maximum Gasteiger partial charge on any atom is 0.282 e. The van der Waals surface area contributed by atoms with E-state index in [-0.39, 0.29) is 23.8 Å². The number of ketones is 1. The molecule has 0 aliphatic heterocycles. The van der Waals surface area contributed by atoms with Crippen LogP contribution in [0.2, 0.25) is 0 Å². The first-order valence-corrected chi connectivity index (χ1v) is 8.32. The highest BCUT2D eigenvalue weighted by Gasteiger charge is 2.22. The Labute approximate surface area is 148 Å². The summed E-state index contributed by atoms with van der Waals surface area (Å²) in [6.45, 7) is 5.43. The van der Waals surface area contributed by atoms with E-state index in [0.29, 0.717) is 11.3 Å². The summed E-state index contributed by atoms with van der Waals surface area (Å²) in [5.74, 6) is 0.737. The number of hydrogen-bond donors (Lipinski definition) is 2. The standard InChI is InChI=1S/C20H24N2O3/c1-13(18-7-5-6-8-19(18)25-4)21-14(2)20(24)22-17-11-9-16(10-12-17)15(3)23/h5-14,21H,1-4H3,(H,22,24)/p+1/t13-,14-/m1/s1. The van der Waals surface area contributed by atoms with Crippen molar-refractivity contribution in [2.75, 3.05) is 12.4 Å². The number of quaternary nitrogens is 1. The minimum atomic E-state index is -0.271. The van der Waals surface area contributed by atoms with Crippen LogP contribution in [-0.4, -0.2) is 24.8 Å². The largest absolute Gasteiger partial charge is 0.496 e. The Balaban J connectivity index is 1.98. The number of carbonyl (C=O) groups excluding carboxylic acids is 2. The van der Waals surface area contributed by atoms with Crippen LogP contribution in [0, 0.1) is 0 Å². The SMILES string of the molecule is COc1ccccc1[C@@H](C)[NH2+][C@H](C)C(=O)Nc1ccc(C(C)=O)cc1. The maximum atomic E-state index is 12.4. The Morgan fingerprint density at radius 1 is 1.04 bits per heavy atom. The van der Waals surface area contributed by atoms with Crippen LogP contribution in [0.25, 0.3) is 0 Å². The zero-order valence-electron chi connectivity index (χ0n) is 15.1. The van der Waals surface area contributed by atoms with E-state index in [1.54, 1.807) is 31.4 Å². The van der Waals surface area contributed by atoms with Crippen molar-refractivity contribution in [2.45, 2.75) is 32.9 Å². The lowest BCUT2D eigenvalue weighted by molar-refractivity contribution is -0.709. The van der Waals surface area contributed by atoms with Crippen molar-refractivity contribution in [2.24, 2.45) is 0 Å². The van der Waals surface area contributed by atoms with Gasteiger partial charge in [0.25, 0.3) is 5.91 Å². The molecule has 2 aromatic carbocycles. The lowest BCUT2D eigenvalue weighted by Crippen LogP contribution is -2.91. The third kappa shape index (κ3) is 4.90. The molecule has 132 valence electrons. The fourth-order valence-electron chi connectivity index (χ4n) is 2.71. The van der Waals surface area contributed by atoms with Crippen LogP contribution in [-0.2, 0) is 4.79 Å². The Morgan fingerprint density at radius 3 is 2.28 bits per heavy atom. The molecule has 0 saturated heterocycles. The van der Waals surface area contributed by atoms with Crippen LogP contribution < -0.4 is 15.4 Å². The molecular weight excluding hydrogens is 316 g/mol. The van der Waals surface area contributed by atoms with Gasteiger partial charge in [-0.1, -0.05) is 12.1 Å². The number of carbonyl (C=O) groups is 2. The molecule has 0 radical (unpaired) electrons. The Bertz CT molecular complexity index is 741. The summed E-state index contributed by atoms with van der Waals surface area (Å²) in [4.78, 5) is 23.7. The van der Waals surface area contributed by atoms with E-state index in [1.807, 2.05) is 43.4 Å². The summed E-state index contributed by atoms with van der Waals surface area (Å²) in [5.41, 5.74) is 2.36. The van der Waals surface area contributed by atoms with Gasteiger partial charge in [0, 0.05) is 11.3 Å². The first kappa shape index (κ1) is 18.7. The number of para-hydroxylation sites is 1. The summed E-state index contributed by atoms with van der Waals surface area (Å²) >= 11 is 0. The molecule has 0 aliphatic rings. The summed E-state index contributed by atoms with van der Waals surface area (Å²) in [6, 6.07) is 14.5. The van der Waals surface area contributed by atoms with Crippen molar-refractivity contribution in [1.29, 1.82) is 0 Å². The first-order chi connectivity index (χ1) is 11.9. The van der Waals surface area contributed by atoms with E-state index >= 15 is 0 Å². The molecule has 0 fully saturated rings. The summed E-state index contributed by atoms with van der Waals surface area (Å²) in [6.07, 6.45) is 0. The minimum Gasteiger partial charge on any atom is -0.496 e. The molecule has 3 N–H and O–H groups in total. The number of benzene rings is 2. The van der Waals surface area contributed by atoms with Gasteiger partial charge in [-0.3, -0.25) is 9.59 Å². The van der Waals surface area contributed by atoms with E-state index in [2.05, 4.69) is 5.32 Å². The van der Waals surface area contributed by atoms with Crippen LogP contribution in [0.1, 0.15) is 42.7 Å². The third-order valence-electron chi connectivity index (χ3n) is 4.18. The number of ether oxygens (including phenoxy) is 1. The molecule has 2 aromatic rings. The molecule has 1 amide bonds. The highest BCUT2D eigenvalue weighted by atomic mass is 16.5. The lowest BCUT2D eigenvalue weighted by Gasteiger charge is -2.18. The molecule has 0 saturated carbocycles. The lowest BCUT2D eigenvalue weighted by atomic mass is 10.1. The number of Topliss-reactive ketones (excluding diaryl/α,β-unsaturated/α-hetero) is 1. The number of hydrogen-bond acceptors (Lipinski definition) is 3. The van der Waals surface area contributed by atoms with Gasteiger partial charge in [0.2, 0.25) is 0 Å². The average molecular weight is 341 g/mol. The van der Waals surface area contributed by atoms with Crippen LogP contribution in [0.3, 0.4) is 0 Å². The number of anilines is 1. The van der Waals surface area contributed by atoms with E-state index < -0.39 is 0 Å². The zero-order chi connectivity index (χ0) is 18.4. The van der Waals surface area contributed by atoms with Crippen LogP contribution >= 0.6 is 0 Å². The van der Waals surface area contributed by atoms with Gasteiger partial charge in [0.1, 0.15) is 11.8 Å². The second-order valence-corrected chi connectivity index (χ2v) is 6.13. The monoisotopic (exact) mass is 341 g/mol. The fraction of sp³-hybridized carbons (Fsp3) is 0.300. The molecule has 2 rings (SSSR count). The normalized spacial score (nSPS) is 13.0. The molecule has 0 aliphatic carbocycles. The molecule has 0 unspecified atom stereocenters. The topological polar surface area (TPSA) is 72.0 Å². The van der Waals surface area contributed by atoms with E-state index in [1.165, 1.54) is 6.92 Å². The molecule has 0 spiro atoms. The van der Waals surface area contributed by atoms with Gasteiger partial charge in [-0.25, -0.2) is 0 Å². The molecule has 0 heterocycles. The number of amides is 1. The number of rotatable bonds is 7. The second-order valence-electron chi connectivity index (χ2n) is 6.13. The zero-order valence-corrected chi connectivity index (χ0v) is 15.1. The van der Waals surface area contributed by atoms with E-state index in [0.717, 1.165) is 11.3 Å². The summed E-state index contributed by atoms with van der Waals surface area (Å²) in [7, 11) is 1.65. The van der Waals surface area contributed by atoms with Crippen molar-refractivity contribution < 1.29 is 19.6 Å². The fourth-order valence-corrected chi connectivity index (χ4v) is 2.71. The van der Waals surface area contributed by atoms with Gasteiger partial charge in [-0.05, 0) is 57.2 Å². The first-order valence-electron chi connectivity index (χ1n) is 8.32. The number of methoxy groups -OCH3 is 1. The van der Waals surface area contributed by atoms with Gasteiger partial charge in [0.15, 0.2) is 11.8 Å². The van der Waals surface area contributed by atoms with Crippen molar-refractivity contribution in [1.82, 2.24) is 0 Å². The van der Waals surface area contributed by atoms with Crippen LogP contribution in [0.4, 0.5) is 5.69 Å². The minimum absolute atomic E-state index is 0.00483. The molecule has 0 bridgehead atoms. The van der Waals surface area contributed by atoms with Crippen LogP contribution in [0.5, 0.6) is 5.75 Å².